The molecule has 3 heteroatoms. The van der Waals surface area contributed by atoms with Crippen molar-refractivity contribution in [2.45, 2.75) is 52.1 Å². The van der Waals surface area contributed by atoms with Gasteiger partial charge >= 0.3 is 0 Å². The number of nitrogens with two attached hydrogens (primary N) is 1. The number of benzene rings is 1. The zero-order valence-electron chi connectivity index (χ0n) is 12.6. The fraction of sp³-hybridized carbons (Fsp3) is 0.625. The smallest absolute Gasteiger partial charge is 0.0346 e. The molecule has 0 amide bonds. The first kappa shape index (κ1) is 16.7. The third-order valence-electron chi connectivity index (χ3n) is 4.09. The molecule has 0 saturated carbocycles. The average molecular weight is 327 g/mol. The Kier molecular flexibility index (Phi) is 6.51. The molecule has 0 aliphatic rings. The van der Waals surface area contributed by atoms with Crippen LogP contribution in [0.1, 0.15) is 39.7 Å². The molecule has 0 spiro atoms. The van der Waals surface area contributed by atoms with E-state index in [-0.39, 0.29) is 5.54 Å². The highest BCUT2D eigenvalue weighted by Crippen LogP contribution is 2.24. The van der Waals surface area contributed by atoms with Crippen molar-refractivity contribution in [3.05, 3.63) is 34.3 Å². The summed E-state index contributed by atoms with van der Waals surface area (Å²) in [5.74, 6) is 0. The maximum Gasteiger partial charge on any atom is 0.0346 e. The average Bonchev–Trinajstić information content (AvgIpc) is 2.42. The van der Waals surface area contributed by atoms with E-state index in [2.05, 4.69) is 72.8 Å². The molecule has 2 N–H and O–H groups in total. The van der Waals surface area contributed by atoms with Crippen LogP contribution in [0.2, 0.25) is 0 Å². The minimum absolute atomic E-state index is 0.0258. The van der Waals surface area contributed by atoms with Crippen molar-refractivity contribution in [1.29, 1.82) is 0 Å². The first-order valence-corrected chi connectivity index (χ1v) is 7.97. The number of rotatable bonds is 7. The highest BCUT2D eigenvalue weighted by atomic mass is 79.9. The number of hydrogen-bond donors (Lipinski definition) is 1. The summed E-state index contributed by atoms with van der Waals surface area (Å²) in [5.41, 5.74) is 7.47. The Labute approximate surface area is 126 Å². The predicted molar refractivity (Wildman–Crippen MR) is 87.4 cm³/mol. The predicted octanol–water partition coefficient (Wildman–Crippen LogP) is 3.83. The van der Waals surface area contributed by atoms with Crippen LogP contribution in [0.4, 0.5) is 0 Å². The lowest BCUT2D eigenvalue weighted by molar-refractivity contribution is 0.0723. The second kappa shape index (κ2) is 7.41. The van der Waals surface area contributed by atoms with E-state index >= 15 is 0 Å². The van der Waals surface area contributed by atoms with Gasteiger partial charge in [0.15, 0.2) is 0 Å². The lowest BCUT2D eigenvalue weighted by Gasteiger charge is -2.44. The van der Waals surface area contributed by atoms with E-state index in [1.54, 1.807) is 0 Å². The van der Waals surface area contributed by atoms with Crippen LogP contribution in [-0.4, -0.2) is 29.6 Å². The molecular formula is C16H27BrN2. The molecule has 1 rings (SSSR count). The summed E-state index contributed by atoms with van der Waals surface area (Å²) >= 11 is 3.48. The molecule has 2 atom stereocenters. The van der Waals surface area contributed by atoms with E-state index in [0.717, 1.165) is 23.9 Å². The highest BCUT2D eigenvalue weighted by molar-refractivity contribution is 9.10. The minimum Gasteiger partial charge on any atom is -0.329 e. The Morgan fingerprint density at radius 2 is 1.84 bits per heavy atom. The summed E-state index contributed by atoms with van der Waals surface area (Å²) in [6.07, 6.45) is 2.15. The third kappa shape index (κ3) is 4.30. The molecule has 0 saturated heterocycles. The molecule has 0 fully saturated rings. The van der Waals surface area contributed by atoms with E-state index in [1.165, 1.54) is 5.56 Å². The van der Waals surface area contributed by atoms with Crippen molar-refractivity contribution in [3.8, 4) is 0 Å². The van der Waals surface area contributed by atoms with Crippen molar-refractivity contribution in [2.24, 2.45) is 5.73 Å². The Bertz CT molecular complexity index is 377. The Morgan fingerprint density at radius 1 is 1.26 bits per heavy atom. The van der Waals surface area contributed by atoms with Crippen LogP contribution in [0.25, 0.3) is 0 Å². The van der Waals surface area contributed by atoms with Gasteiger partial charge in [0.1, 0.15) is 0 Å². The molecule has 0 aliphatic heterocycles. The summed E-state index contributed by atoms with van der Waals surface area (Å²) in [5, 5.41) is 0. The fourth-order valence-electron chi connectivity index (χ4n) is 2.78. The fourth-order valence-corrected chi connectivity index (χ4v) is 3.04. The molecular weight excluding hydrogens is 300 g/mol. The topological polar surface area (TPSA) is 29.3 Å². The zero-order chi connectivity index (χ0) is 14.5. The summed E-state index contributed by atoms with van der Waals surface area (Å²) in [6, 6.07) is 9.14. The van der Waals surface area contributed by atoms with Gasteiger partial charge < -0.3 is 5.73 Å². The third-order valence-corrected chi connectivity index (χ3v) is 4.62. The number of hydrogen-bond acceptors (Lipinski definition) is 2. The summed E-state index contributed by atoms with van der Waals surface area (Å²) in [6.45, 7) is 10.8. The Morgan fingerprint density at radius 3 is 2.26 bits per heavy atom. The number of halogens is 1. The van der Waals surface area contributed by atoms with Crippen LogP contribution >= 0.6 is 15.9 Å². The van der Waals surface area contributed by atoms with Crippen LogP contribution < -0.4 is 5.73 Å². The molecule has 0 aromatic heterocycles. The minimum atomic E-state index is 0.0258. The Balaban J connectivity index is 2.92. The van der Waals surface area contributed by atoms with Gasteiger partial charge in [-0.05, 0) is 50.9 Å². The van der Waals surface area contributed by atoms with Gasteiger partial charge in [-0.25, -0.2) is 0 Å². The molecule has 108 valence electrons. The lowest BCUT2D eigenvalue weighted by atomic mass is 9.89. The summed E-state index contributed by atoms with van der Waals surface area (Å²) < 4.78 is 1.12. The maximum absolute atomic E-state index is 6.10. The molecule has 0 heterocycles. The van der Waals surface area contributed by atoms with Gasteiger partial charge in [0.2, 0.25) is 0 Å². The molecule has 0 bridgehead atoms. The van der Waals surface area contributed by atoms with Crippen LogP contribution in [0.5, 0.6) is 0 Å². The largest absolute Gasteiger partial charge is 0.329 e. The Hall–Kier alpha value is -0.380. The van der Waals surface area contributed by atoms with E-state index in [9.17, 15) is 0 Å². The number of likely N-dealkylation sites (N-methyl/N-ethyl adjacent to an activating group) is 1. The molecule has 0 aliphatic carbocycles. The van der Waals surface area contributed by atoms with Gasteiger partial charge in [-0.3, -0.25) is 4.90 Å². The second-order valence-electron chi connectivity index (χ2n) is 5.55. The van der Waals surface area contributed by atoms with Gasteiger partial charge in [-0.2, -0.15) is 0 Å². The summed E-state index contributed by atoms with van der Waals surface area (Å²) in [4.78, 5) is 2.54. The van der Waals surface area contributed by atoms with E-state index < -0.39 is 0 Å². The first-order chi connectivity index (χ1) is 8.96. The van der Waals surface area contributed by atoms with Gasteiger partial charge in [0.25, 0.3) is 0 Å². The highest BCUT2D eigenvalue weighted by Gasteiger charge is 2.32. The summed E-state index contributed by atoms with van der Waals surface area (Å²) in [7, 11) is 0. The van der Waals surface area contributed by atoms with E-state index in [0.29, 0.717) is 12.6 Å². The van der Waals surface area contributed by atoms with Crippen molar-refractivity contribution in [2.75, 3.05) is 13.1 Å². The van der Waals surface area contributed by atoms with Crippen molar-refractivity contribution in [3.63, 3.8) is 0 Å². The van der Waals surface area contributed by atoms with Gasteiger partial charge in [0.05, 0.1) is 0 Å². The quantitative estimate of drug-likeness (QED) is 0.825. The molecule has 1 aromatic rings. The van der Waals surface area contributed by atoms with Crippen LogP contribution in [0, 0.1) is 0 Å². The van der Waals surface area contributed by atoms with Crippen molar-refractivity contribution >= 4 is 15.9 Å². The van der Waals surface area contributed by atoms with Crippen LogP contribution in [0.3, 0.4) is 0 Å². The van der Waals surface area contributed by atoms with Crippen LogP contribution in [-0.2, 0) is 6.42 Å². The first-order valence-electron chi connectivity index (χ1n) is 7.18. The van der Waals surface area contributed by atoms with Crippen molar-refractivity contribution < 1.29 is 0 Å². The van der Waals surface area contributed by atoms with Gasteiger partial charge in [-0.1, -0.05) is 41.9 Å². The molecule has 1 aromatic carbocycles. The number of nitrogens with zero attached hydrogens (tertiary/aromatic N) is 1. The standard InChI is InChI=1S/C16H27BrN2/c1-5-13(3)19(6-2)16(4,12-18)11-14-7-9-15(17)10-8-14/h7-10,13H,5-6,11-12,18H2,1-4H3. The zero-order valence-corrected chi connectivity index (χ0v) is 14.2. The van der Waals surface area contributed by atoms with Gasteiger partial charge in [-0.15, -0.1) is 0 Å². The van der Waals surface area contributed by atoms with Crippen molar-refractivity contribution in [1.82, 2.24) is 4.90 Å². The SMILES string of the molecule is CCC(C)N(CC)C(C)(CN)Cc1ccc(Br)cc1. The molecule has 2 unspecified atom stereocenters. The van der Waals surface area contributed by atoms with E-state index in [4.69, 9.17) is 5.73 Å². The molecule has 19 heavy (non-hydrogen) atoms. The normalized spacial score (nSPS) is 16.4. The monoisotopic (exact) mass is 326 g/mol. The molecule has 2 nitrogen and oxygen atoms in total. The van der Waals surface area contributed by atoms with Crippen LogP contribution in [0.15, 0.2) is 28.7 Å². The second-order valence-corrected chi connectivity index (χ2v) is 6.46. The maximum atomic E-state index is 6.10. The molecule has 0 radical (unpaired) electrons. The lowest BCUT2D eigenvalue weighted by Crippen LogP contribution is -2.56. The van der Waals surface area contributed by atoms with Gasteiger partial charge in [0, 0.05) is 22.6 Å². The van der Waals surface area contributed by atoms with E-state index in [1.807, 2.05) is 0 Å².